The van der Waals surface area contributed by atoms with Crippen LogP contribution in [0.2, 0.25) is 0 Å². The van der Waals surface area contributed by atoms with Crippen molar-refractivity contribution >= 4 is 39.8 Å². The van der Waals surface area contributed by atoms with E-state index < -0.39 is 0 Å². The monoisotopic (exact) mass is 395 g/mol. The molecule has 3 rings (SSSR count). The van der Waals surface area contributed by atoms with Crippen LogP contribution in [-0.2, 0) is 11.3 Å². The molecule has 136 valence electrons. The Morgan fingerprint density at radius 1 is 1.22 bits per heavy atom. The van der Waals surface area contributed by atoms with Crippen molar-refractivity contribution in [3.05, 3.63) is 65.7 Å². The maximum atomic E-state index is 12.4. The third kappa shape index (κ3) is 5.54. The van der Waals surface area contributed by atoms with Crippen molar-refractivity contribution in [1.82, 2.24) is 10.2 Å². The molecule has 0 saturated heterocycles. The Kier molecular flexibility index (Phi) is 6.41. The number of carbonyl (C=O) groups excluding carboxylic acids is 1. The van der Waals surface area contributed by atoms with Gasteiger partial charge < -0.3 is 10.6 Å². The van der Waals surface area contributed by atoms with Crippen LogP contribution in [0.25, 0.3) is 0 Å². The topological polar surface area (TPSA) is 90.7 Å². The molecule has 0 aliphatic carbocycles. The van der Waals surface area contributed by atoms with Crippen LogP contribution < -0.4 is 10.6 Å². The van der Waals surface area contributed by atoms with E-state index >= 15 is 0 Å². The summed E-state index contributed by atoms with van der Waals surface area (Å²) in [7, 11) is 0. The van der Waals surface area contributed by atoms with Gasteiger partial charge in [-0.25, -0.2) is 0 Å². The highest BCUT2D eigenvalue weighted by atomic mass is 32.2. The lowest BCUT2D eigenvalue weighted by Crippen LogP contribution is -2.22. The van der Waals surface area contributed by atoms with Gasteiger partial charge >= 0.3 is 0 Å². The first kappa shape index (κ1) is 18.9. The number of thioether (sulfide) groups is 1. The summed E-state index contributed by atoms with van der Waals surface area (Å²) in [6, 6.07) is 18.9. The van der Waals surface area contributed by atoms with Crippen molar-refractivity contribution in [2.45, 2.75) is 23.1 Å². The van der Waals surface area contributed by atoms with E-state index in [1.807, 2.05) is 37.3 Å². The van der Waals surface area contributed by atoms with Crippen LogP contribution in [0.5, 0.6) is 0 Å². The third-order valence-electron chi connectivity index (χ3n) is 3.60. The lowest BCUT2D eigenvalue weighted by Gasteiger charge is -2.10. The number of amides is 1. The minimum Gasteiger partial charge on any atom is -0.356 e. The predicted octanol–water partition coefficient (Wildman–Crippen LogP) is 4.14. The standard InChI is InChI=1S/C19H17N5OS2/c1-13(17(25)22-16-9-5-8-15(10-16)11-20)26-19-24-23-18(27-19)21-12-14-6-3-2-4-7-14/h2-10,13H,12H2,1H3,(H,21,23)(H,22,25)/t13-/m1/s1. The quantitative estimate of drug-likeness (QED) is 0.584. The van der Waals surface area contributed by atoms with Crippen LogP contribution in [0.15, 0.2) is 58.9 Å². The summed E-state index contributed by atoms with van der Waals surface area (Å²) < 4.78 is 0.721. The molecule has 1 heterocycles. The van der Waals surface area contributed by atoms with E-state index in [0.29, 0.717) is 17.8 Å². The Hall–Kier alpha value is -2.89. The van der Waals surface area contributed by atoms with Crippen LogP contribution in [0.1, 0.15) is 18.1 Å². The first-order valence-electron chi connectivity index (χ1n) is 8.23. The molecule has 0 fully saturated rings. The zero-order valence-corrected chi connectivity index (χ0v) is 16.2. The number of nitrogens with one attached hydrogen (secondary N) is 2. The first-order chi connectivity index (χ1) is 13.1. The van der Waals surface area contributed by atoms with E-state index in [4.69, 9.17) is 5.26 Å². The van der Waals surface area contributed by atoms with Gasteiger partial charge in [0.15, 0.2) is 4.34 Å². The van der Waals surface area contributed by atoms with Crippen molar-refractivity contribution in [1.29, 1.82) is 5.26 Å². The Balaban J connectivity index is 1.53. The van der Waals surface area contributed by atoms with Gasteiger partial charge in [0, 0.05) is 12.2 Å². The van der Waals surface area contributed by atoms with Crippen LogP contribution in [-0.4, -0.2) is 21.4 Å². The molecule has 3 aromatic rings. The average molecular weight is 396 g/mol. The second-order valence-corrected chi connectivity index (χ2v) is 8.22. The fourth-order valence-electron chi connectivity index (χ4n) is 2.22. The number of nitrogens with zero attached hydrogens (tertiary/aromatic N) is 3. The number of benzene rings is 2. The molecular formula is C19H17N5OS2. The predicted molar refractivity (Wildman–Crippen MR) is 109 cm³/mol. The summed E-state index contributed by atoms with van der Waals surface area (Å²) in [5, 5.41) is 23.6. The Labute approximate surface area is 165 Å². The van der Waals surface area contributed by atoms with E-state index in [0.717, 1.165) is 15.0 Å². The highest BCUT2D eigenvalue weighted by Gasteiger charge is 2.17. The maximum absolute atomic E-state index is 12.4. The summed E-state index contributed by atoms with van der Waals surface area (Å²) in [5.41, 5.74) is 2.27. The number of nitriles is 1. The van der Waals surface area contributed by atoms with Crippen LogP contribution in [0.3, 0.4) is 0 Å². The lowest BCUT2D eigenvalue weighted by atomic mass is 10.2. The van der Waals surface area contributed by atoms with Crippen LogP contribution in [0.4, 0.5) is 10.8 Å². The molecule has 1 atom stereocenters. The van der Waals surface area contributed by atoms with Gasteiger partial charge in [-0.2, -0.15) is 5.26 Å². The van der Waals surface area contributed by atoms with Gasteiger partial charge in [-0.05, 0) is 30.7 Å². The van der Waals surface area contributed by atoms with Gasteiger partial charge in [-0.1, -0.05) is 59.5 Å². The van der Waals surface area contributed by atoms with Crippen molar-refractivity contribution < 1.29 is 4.79 Å². The van der Waals surface area contributed by atoms with Gasteiger partial charge in [0.05, 0.1) is 16.9 Å². The fourth-order valence-corrected chi connectivity index (χ4v) is 4.11. The van der Waals surface area contributed by atoms with E-state index in [2.05, 4.69) is 26.9 Å². The minimum atomic E-state index is -0.342. The molecule has 1 aromatic heterocycles. The Bertz CT molecular complexity index is 952. The van der Waals surface area contributed by atoms with Gasteiger partial charge in [0.2, 0.25) is 11.0 Å². The normalized spacial score (nSPS) is 11.4. The molecule has 27 heavy (non-hydrogen) atoms. The van der Waals surface area contributed by atoms with Gasteiger partial charge in [-0.3, -0.25) is 4.79 Å². The smallest absolute Gasteiger partial charge is 0.237 e. The molecule has 0 radical (unpaired) electrons. The SMILES string of the molecule is C[C@@H](Sc1nnc(NCc2ccccc2)s1)C(=O)Nc1cccc(C#N)c1. The largest absolute Gasteiger partial charge is 0.356 e. The molecule has 6 nitrogen and oxygen atoms in total. The molecule has 0 saturated carbocycles. The van der Waals surface area contributed by atoms with Crippen molar-refractivity contribution in [2.75, 3.05) is 10.6 Å². The van der Waals surface area contributed by atoms with E-state index in [1.54, 1.807) is 24.3 Å². The maximum Gasteiger partial charge on any atom is 0.237 e. The second-order valence-electron chi connectivity index (χ2n) is 5.65. The average Bonchev–Trinajstić information content (AvgIpc) is 3.14. The van der Waals surface area contributed by atoms with Crippen LogP contribution >= 0.6 is 23.1 Å². The molecule has 0 aliphatic heterocycles. The van der Waals surface area contributed by atoms with Crippen molar-refractivity contribution in [2.24, 2.45) is 0 Å². The molecule has 2 aromatic carbocycles. The summed E-state index contributed by atoms with van der Waals surface area (Å²) in [5.74, 6) is -0.149. The lowest BCUT2D eigenvalue weighted by molar-refractivity contribution is -0.115. The molecule has 1 amide bonds. The molecule has 0 unspecified atom stereocenters. The highest BCUT2D eigenvalue weighted by Crippen LogP contribution is 2.29. The van der Waals surface area contributed by atoms with Crippen molar-refractivity contribution in [3.8, 4) is 6.07 Å². The zero-order valence-electron chi connectivity index (χ0n) is 14.5. The zero-order chi connectivity index (χ0) is 19.1. The van der Waals surface area contributed by atoms with Gasteiger partial charge in [-0.15, -0.1) is 10.2 Å². The summed E-state index contributed by atoms with van der Waals surface area (Å²) in [6.45, 7) is 2.48. The molecule has 8 heteroatoms. The van der Waals surface area contributed by atoms with Gasteiger partial charge in [0.1, 0.15) is 0 Å². The number of carbonyl (C=O) groups is 1. The Morgan fingerprint density at radius 2 is 2.04 bits per heavy atom. The molecule has 0 aliphatic rings. The van der Waals surface area contributed by atoms with Crippen LogP contribution in [0, 0.1) is 11.3 Å². The fraction of sp³-hybridized carbons (Fsp3) is 0.158. The second kappa shape index (κ2) is 9.16. The molecule has 0 spiro atoms. The number of hydrogen-bond acceptors (Lipinski definition) is 7. The van der Waals surface area contributed by atoms with E-state index in [-0.39, 0.29) is 11.2 Å². The van der Waals surface area contributed by atoms with E-state index in [1.165, 1.54) is 23.1 Å². The number of hydrogen-bond donors (Lipinski definition) is 2. The summed E-state index contributed by atoms with van der Waals surface area (Å²) in [4.78, 5) is 12.4. The van der Waals surface area contributed by atoms with Gasteiger partial charge in [0.25, 0.3) is 0 Å². The molecular weight excluding hydrogens is 378 g/mol. The molecule has 0 bridgehead atoms. The number of anilines is 2. The molecule has 2 N–H and O–H groups in total. The highest BCUT2D eigenvalue weighted by molar-refractivity contribution is 8.02. The minimum absolute atomic E-state index is 0.149. The third-order valence-corrected chi connectivity index (χ3v) is 5.66. The number of aromatic nitrogens is 2. The summed E-state index contributed by atoms with van der Waals surface area (Å²) >= 11 is 2.77. The van der Waals surface area contributed by atoms with Crippen molar-refractivity contribution in [3.63, 3.8) is 0 Å². The first-order valence-corrected chi connectivity index (χ1v) is 9.92. The van der Waals surface area contributed by atoms with E-state index in [9.17, 15) is 4.79 Å². The number of rotatable bonds is 7. The summed E-state index contributed by atoms with van der Waals surface area (Å²) in [6.07, 6.45) is 0. The Morgan fingerprint density at radius 3 is 2.81 bits per heavy atom.